The molecule has 1 fully saturated rings. The molecule has 3 aromatic rings. The standard InChI is InChI=1S/C22H22N4OS/c27-21(12-11-17-7-2-1-3-8-17)26-14-6-9-18(15-26)19-16-28-22(24-19)25-20-10-4-5-13-23-20/h1-5,7-8,10-13,16,18H,6,9,14-15H2,(H,23,24,25)/b12-11+/t18-/m1/s1. The second-order valence-electron chi connectivity index (χ2n) is 6.78. The number of pyridine rings is 1. The highest BCUT2D eigenvalue weighted by Crippen LogP contribution is 2.30. The minimum Gasteiger partial charge on any atom is -0.338 e. The van der Waals surface area contributed by atoms with Crippen molar-refractivity contribution in [1.29, 1.82) is 0 Å². The van der Waals surface area contributed by atoms with Gasteiger partial charge in [0.05, 0.1) is 5.69 Å². The number of carbonyl (C=O) groups is 1. The van der Waals surface area contributed by atoms with Crippen molar-refractivity contribution in [3.05, 3.63) is 77.4 Å². The number of carbonyl (C=O) groups excluding carboxylic acids is 1. The summed E-state index contributed by atoms with van der Waals surface area (Å²) in [6, 6.07) is 15.7. The zero-order valence-corrected chi connectivity index (χ0v) is 16.3. The van der Waals surface area contributed by atoms with Crippen LogP contribution in [0.3, 0.4) is 0 Å². The van der Waals surface area contributed by atoms with E-state index in [9.17, 15) is 4.79 Å². The van der Waals surface area contributed by atoms with Crippen molar-refractivity contribution in [2.24, 2.45) is 0 Å². The number of nitrogens with one attached hydrogen (secondary N) is 1. The summed E-state index contributed by atoms with van der Waals surface area (Å²) < 4.78 is 0. The van der Waals surface area contributed by atoms with Crippen molar-refractivity contribution < 1.29 is 4.79 Å². The van der Waals surface area contributed by atoms with Crippen molar-refractivity contribution in [3.8, 4) is 0 Å². The van der Waals surface area contributed by atoms with Crippen molar-refractivity contribution in [2.75, 3.05) is 18.4 Å². The van der Waals surface area contributed by atoms with E-state index >= 15 is 0 Å². The number of nitrogens with zero attached hydrogens (tertiary/aromatic N) is 3. The summed E-state index contributed by atoms with van der Waals surface area (Å²) in [7, 11) is 0. The van der Waals surface area contributed by atoms with Crippen molar-refractivity contribution in [2.45, 2.75) is 18.8 Å². The van der Waals surface area contributed by atoms with Gasteiger partial charge in [-0.2, -0.15) is 0 Å². The van der Waals surface area contributed by atoms with E-state index in [1.807, 2.05) is 59.5 Å². The van der Waals surface area contributed by atoms with Crippen LogP contribution in [0.1, 0.15) is 30.0 Å². The molecule has 1 amide bonds. The number of anilines is 2. The van der Waals surface area contributed by atoms with Crippen LogP contribution in [-0.2, 0) is 4.79 Å². The Bertz CT molecular complexity index is 939. The normalized spacial score (nSPS) is 17.0. The summed E-state index contributed by atoms with van der Waals surface area (Å²) in [6.45, 7) is 1.52. The molecular weight excluding hydrogens is 368 g/mol. The van der Waals surface area contributed by atoms with Crippen LogP contribution in [0.2, 0.25) is 0 Å². The number of benzene rings is 1. The fraction of sp³-hybridized carbons (Fsp3) is 0.227. The number of hydrogen-bond acceptors (Lipinski definition) is 5. The van der Waals surface area contributed by atoms with Gasteiger partial charge < -0.3 is 10.2 Å². The quantitative estimate of drug-likeness (QED) is 0.642. The van der Waals surface area contributed by atoms with Crippen LogP contribution in [-0.4, -0.2) is 33.9 Å². The van der Waals surface area contributed by atoms with Gasteiger partial charge in [0.15, 0.2) is 5.13 Å². The molecule has 4 rings (SSSR count). The second-order valence-corrected chi connectivity index (χ2v) is 7.64. The van der Waals surface area contributed by atoms with Crippen molar-refractivity contribution in [1.82, 2.24) is 14.9 Å². The number of piperidine rings is 1. The molecule has 1 atom stereocenters. The highest BCUT2D eigenvalue weighted by molar-refractivity contribution is 7.13. The topological polar surface area (TPSA) is 58.1 Å². The molecule has 0 unspecified atom stereocenters. The van der Waals surface area contributed by atoms with E-state index in [0.29, 0.717) is 6.54 Å². The Morgan fingerprint density at radius 1 is 1.18 bits per heavy atom. The maximum atomic E-state index is 12.6. The number of aromatic nitrogens is 2. The molecule has 28 heavy (non-hydrogen) atoms. The lowest BCUT2D eigenvalue weighted by Gasteiger charge is -2.31. The summed E-state index contributed by atoms with van der Waals surface area (Å²) in [6.07, 6.45) is 7.36. The first-order valence-electron chi connectivity index (χ1n) is 9.43. The Labute approximate surface area is 168 Å². The number of hydrogen-bond donors (Lipinski definition) is 1. The van der Waals surface area contributed by atoms with Gasteiger partial charge in [-0.3, -0.25) is 4.79 Å². The van der Waals surface area contributed by atoms with Crippen LogP contribution in [0.4, 0.5) is 10.9 Å². The number of amides is 1. The summed E-state index contributed by atoms with van der Waals surface area (Å²) in [5.74, 6) is 1.13. The SMILES string of the molecule is O=C(/C=C/c1ccccc1)N1CCC[C@@H](c2csc(Nc3ccccn3)n2)C1. The lowest BCUT2D eigenvalue weighted by atomic mass is 9.95. The summed E-state index contributed by atoms with van der Waals surface area (Å²) >= 11 is 1.58. The minimum absolute atomic E-state index is 0.0654. The van der Waals surface area contributed by atoms with Gasteiger partial charge in [0.1, 0.15) is 5.82 Å². The second kappa shape index (κ2) is 8.80. The van der Waals surface area contributed by atoms with Crippen LogP contribution < -0.4 is 5.32 Å². The molecule has 0 saturated carbocycles. The van der Waals surface area contributed by atoms with Gasteiger partial charge in [0.25, 0.3) is 0 Å². The van der Waals surface area contributed by atoms with Gasteiger partial charge in [-0.1, -0.05) is 36.4 Å². The smallest absolute Gasteiger partial charge is 0.246 e. The van der Waals surface area contributed by atoms with E-state index in [0.717, 1.165) is 41.6 Å². The number of thiazole rings is 1. The Morgan fingerprint density at radius 3 is 2.86 bits per heavy atom. The van der Waals surface area contributed by atoms with Gasteiger partial charge in [-0.25, -0.2) is 9.97 Å². The van der Waals surface area contributed by atoms with Gasteiger partial charge in [-0.15, -0.1) is 11.3 Å². The predicted molar refractivity (Wildman–Crippen MR) is 114 cm³/mol. The first-order chi connectivity index (χ1) is 13.8. The number of likely N-dealkylation sites (tertiary alicyclic amines) is 1. The molecule has 1 aliphatic heterocycles. The molecule has 5 nitrogen and oxygen atoms in total. The molecule has 1 aliphatic rings. The fourth-order valence-corrected chi connectivity index (χ4v) is 4.13. The molecule has 0 aliphatic carbocycles. The van der Waals surface area contributed by atoms with Crippen molar-refractivity contribution in [3.63, 3.8) is 0 Å². The lowest BCUT2D eigenvalue weighted by molar-refractivity contribution is -0.127. The largest absolute Gasteiger partial charge is 0.338 e. The average molecular weight is 391 g/mol. The summed E-state index contributed by atoms with van der Waals surface area (Å²) in [5.41, 5.74) is 2.09. The Morgan fingerprint density at radius 2 is 2.04 bits per heavy atom. The molecular formula is C22H22N4OS. The zero-order chi connectivity index (χ0) is 19.2. The third-order valence-corrected chi connectivity index (χ3v) is 5.57. The average Bonchev–Trinajstić information content (AvgIpc) is 3.22. The Kier molecular flexibility index (Phi) is 5.77. The van der Waals surface area contributed by atoms with Crippen LogP contribution in [0, 0.1) is 0 Å². The third kappa shape index (κ3) is 4.64. The van der Waals surface area contributed by atoms with Crippen LogP contribution >= 0.6 is 11.3 Å². The van der Waals surface area contributed by atoms with E-state index in [2.05, 4.69) is 15.7 Å². The van der Waals surface area contributed by atoms with Crippen LogP contribution in [0.25, 0.3) is 6.08 Å². The first-order valence-corrected chi connectivity index (χ1v) is 10.3. The molecule has 1 aromatic carbocycles. The van der Waals surface area contributed by atoms with Crippen molar-refractivity contribution >= 4 is 34.3 Å². The zero-order valence-electron chi connectivity index (χ0n) is 15.5. The van der Waals surface area contributed by atoms with E-state index in [1.165, 1.54) is 0 Å². The molecule has 1 N–H and O–H groups in total. The van der Waals surface area contributed by atoms with Crippen LogP contribution in [0.15, 0.2) is 66.2 Å². The molecule has 142 valence electrons. The van der Waals surface area contributed by atoms with E-state index in [1.54, 1.807) is 23.6 Å². The minimum atomic E-state index is 0.0654. The molecule has 6 heteroatoms. The third-order valence-electron chi connectivity index (χ3n) is 4.79. The first kappa shape index (κ1) is 18.4. The van der Waals surface area contributed by atoms with Gasteiger partial charge in [0, 0.05) is 36.7 Å². The van der Waals surface area contributed by atoms with Gasteiger partial charge >= 0.3 is 0 Å². The van der Waals surface area contributed by atoms with E-state index < -0.39 is 0 Å². The maximum Gasteiger partial charge on any atom is 0.246 e. The molecule has 0 spiro atoms. The number of rotatable bonds is 5. The fourth-order valence-electron chi connectivity index (χ4n) is 3.33. The lowest BCUT2D eigenvalue weighted by Crippen LogP contribution is -2.38. The monoisotopic (exact) mass is 390 g/mol. The molecule has 0 bridgehead atoms. The highest BCUT2D eigenvalue weighted by Gasteiger charge is 2.25. The molecule has 3 heterocycles. The molecule has 0 radical (unpaired) electrons. The summed E-state index contributed by atoms with van der Waals surface area (Å²) in [4.78, 5) is 23.5. The van der Waals surface area contributed by atoms with Gasteiger partial charge in [-0.05, 0) is 36.6 Å². The Hall–Kier alpha value is -2.99. The van der Waals surface area contributed by atoms with E-state index in [4.69, 9.17) is 4.98 Å². The molecule has 2 aromatic heterocycles. The van der Waals surface area contributed by atoms with Crippen LogP contribution in [0.5, 0.6) is 0 Å². The van der Waals surface area contributed by atoms with E-state index in [-0.39, 0.29) is 11.8 Å². The van der Waals surface area contributed by atoms with Gasteiger partial charge in [0.2, 0.25) is 5.91 Å². The highest BCUT2D eigenvalue weighted by atomic mass is 32.1. The molecule has 1 saturated heterocycles. The predicted octanol–water partition coefficient (Wildman–Crippen LogP) is 4.70. The Balaban J connectivity index is 1.38. The maximum absolute atomic E-state index is 12.6. The summed E-state index contributed by atoms with van der Waals surface area (Å²) in [5, 5.41) is 6.16.